The Morgan fingerprint density at radius 2 is 1.68 bits per heavy atom. The van der Waals surface area contributed by atoms with Crippen LogP contribution in [-0.2, 0) is 21.4 Å². The van der Waals surface area contributed by atoms with E-state index < -0.39 is 53.0 Å². The van der Waals surface area contributed by atoms with Crippen LogP contribution in [0, 0.1) is 11.3 Å². The maximum Gasteiger partial charge on any atom is 0.433 e. The Morgan fingerprint density at radius 3 is 2.38 bits per heavy atom. The number of alkyl halides is 3. The van der Waals surface area contributed by atoms with Gasteiger partial charge in [-0.25, -0.2) is 9.97 Å². The number of halogens is 3. The number of carbonyl (C=O) groups is 5. The van der Waals surface area contributed by atoms with E-state index >= 15 is 0 Å². The van der Waals surface area contributed by atoms with E-state index in [9.17, 15) is 42.3 Å². The lowest BCUT2D eigenvalue weighted by Gasteiger charge is -2.60. The van der Waals surface area contributed by atoms with Crippen LogP contribution in [0.25, 0.3) is 10.2 Å². The lowest BCUT2D eigenvalue weighted by atomic mass is 9.60. The monoisotopic (exact) mass is 843 g/mol. The second-order valence-electron chi connectivity index (χ2n) is 17.6. The van der Waals surface area contributed by atoms with Gasteiger partial charge in [-0.05, 0) is 107 Å². The van der Waals surface area contributed by atoms with Crippen LogP contribution in [0.2, 0.25) is 0 Å². The first-order valence-corrected chi connectivity index (χ1v) is 21.1. The first kappa shape index (κ1) is 40.2. The number of anilines is 2. The number of amides is 5. The van der Waals surface area contributed by atoms with Gasteiger partial charge in [0.25, 0.3) is 17.7 Å². The molecular formula is C43H44F3N7O6S. The normalized spacial score (nSPS) is 23.4. The number of likely N-dealkylation sites (tertiary alicyclic amines) is 1. The van der Waals surface area contributed by atoms with Gasteiger partial charge in [-0.1, -0.05) is 12.1 Å². The Kier molecular flexibility index (Phi) is 9.86. The van der Waals surface area contributed by atoms with Crippen molar-refractivity contribution < 1.29 is 42.3 Å². The molecule has 60 heavy (non-hydrogen) atoms. The van der Waals surface area contributed by atoms with Crippen molar-refractivity contribution in [3.8, 4) is 0 Å². The van der Waals surface area contributed by atoms with Gasteiger partial charge in [0.1, 0.15) is 17.4 Å². The predicted octanol–water partition coefficient (Wildman–Crippen LogP) is 6.44. The predicted molar refractivity (Wildman–Crippen MR) is 215 cm³/mol. The van der Waals surface area contributed by atoms with Crippen LogP contribution < -0.4 is 16.0 Å². The number of fused-ring (bicyclic) bond motifs is 2. The van der Waals surface area contributed by atoms with Crippen molar-refractivity contribution in [2.24, 2.45) is 11.3 Å². The molecule has 0 bridgehead atoms. The molecule has 5 amide bonds. The van der Waals surface area contributed by atoms with Gasteiger partial charge in [-0.2, -0.15) is 13.2 Å². The van der Waals surface area contributed by atoms with Crippen molar-refractivity contribution in [2.45, 2.75) is 95.0 Å². The molecule has 2 aliphatic carbocycles. The second-order valence-corrected chi connectivity index (χ2v) is 18.7. The fourth-order valence-corrected chi connectivity index (χ4v) is 11.0. The molecule has 4 fully saturated rings. The summed E-state index contributed by atoms with van der Waals surface area (Å²) < 4.78 is 40.6. The number of benzene rings is 2. The Bertz CT molecular complexity index is 2440. The molecule has 314 valence electrons. The van der Waals surface area contributed by atoms with Gasteiger partial charge >= 0.3 is 6.18 Å². The Hall–Kier alpha value is -5.26. The molecule has 17 heteroatoms. The highest BCUT2D eigenvalue weighted by atomic mass is 32.1. The highest BCUT2D eigenvalue weighted by molar-refractivity contribution is 7.18. The molecule has 2 saturated carbocycles. The third kappa shape index (κ3) is 7.44. The molecule has 0 radical (unpaired) electrons. The van der Waals surface area contributed by atoms with Crippen LogP contribution >= 0.6 is 11.3 Å². The summed E-state index contributed by atoms with van der Waals surface area (Å²) in [5, 5.41) is 20.4. The van der Waals surface area contributed by atoms with E-state index in [1.165, 1.54) is 17.4 Å². The maximum absolute atomic E-state index is 13.5. The number of aliphatic hydroxyl groups is 1. The molecule has 13 nitrogen and oxygen atoms in total. The fourth-order valence-electron chi connectivity index (χ4n) is 9.87. The fraction of sp³-hybridized carbons (Fsp3) is 0.465. The average Bonchev–Trinajstić information content (AvgIpc) is 3.70. The molecule has 2 aromatic heterocycles. The largest absolute Gasteiger partial charge is 0.433 e. The second kappa shape index (κ2) is 14.7. The lowest BCUT2D eigenvalue weighted by Crippen LogP contribution is -2.65. The maximum atomic E-state index is 13.5. The van der Waals surface area contributed by atoms with Gasteiger partial charge in [-0.3, -0.25) is 34.2 Å². The first-order valence-electron chi connectivity index (χ1n) is 20.3. The number of rotatable bonds is 9. The van der Waals surface area contributed by atoms with Crippen LogP contribution in [0.3, 0.4) is 0 Å². The number of piperidine rings is 1. The van der Waals surface area contributed by atoms with E-state index in [-0.39, 0.29) is 52.7 Å². The number of thiazole rings is 1. The Balaban J connectivity index is 0.773. The van der Waals surface area contributed by atoms with Crippen LogP contribution in [-0.4, -0.2) is 86.1 Å². The summed E-state index contributed by atoms with van der Waals surface area (Å²) in [5.74, 6) is -2.04. The van der Waals surface area contributed by atoms with Crippen molar-refractivity contribution in [3.63, 3.8) is 0 Å². The molecule has 5 aliphatic rings. The SMILES string of the molecule is CC(C)(O)c1cc2nc(C3CCC(CN4CC5(CC(Nc6cccc7c6C(=O)N(C6CCC(=O)NC6=O)C7=O)C5)C4)CC3)sc2cc1NC(=O)c1cccc(C(F)(F)F)n1. The minimum atomic E-state index is -4.70. The number of hydrogen-bond acceptors (Lipinski definition) is 11. The molecule has 3 aliphatic heterocycles. The summed E-state index contributed by atoms with van der Waals surface area (Å²) in [6, 6.07) is 10.9. The van der Waals surface area contributed by atoms with E-state index in [1.54, 1.807) is 44.2 Å². The third-order valence-corrected chi connectivity index (χ3v) is 13.9. The van der Waals surface area contributed by atoms with Crippen molar-refractivity contribution in [3.05, 3.63) is 81.6 Å². The third-order valence-electron chi connectivity index (χ3n) is 12.7. The van der Waals surface area contributed by atoms with Gasteiger partial charge in [0.05, 0.1) is 32.0 Å². The van der Waals surface area contributed by atoms with Crippen LogP contribution in [0.4, 0.5) is 24.5 Å². The van der Waals surface area contributed by atoms with Crippen LogP contribution in [0.15, 0.2) is 48.5 Å². The van der Waals surface area contributed by atoms with E-state index in [2.05, 4.69) is 25.8 Å². The zero-order chi connectivity index (χ0) is 42.3. The summed E-state index contributed by atoms with van der Waals surface area (Å²) in [4.78, 5) is 76.0. The Morgan fingerprint density at radius 1 is 0.950 bits per heavy atom. The number of pyridine rings is 1. The number of hydrogen-bond donors (Lipinski definition) is 4. The highest BCUT2D eigenvalue weighted by Crippen LogP contribution is 2.51. The average molecular weight is 844 g/mol. The number of nitrogens with one attached hydrogen (secondary N) is 3. The molecule has 9 rings (SSSR count). The summed E-state index contributed by atoms with van der Waals surface area (Å²) in [7, 11) is 0. The van der Waals surface area contributed by atoms with Crippen molar-refractivity contribution >= 4 is 62.5 Å². The number of carbonyl (C=O) groups excluding carboxylic acids is 5. The number of nitrogens with zero attached hydrogens (tertiary/aromatic N) is 4. The summed E-state index contributed by atoms with van der Waals surface area (Å²) in [6.07, 6.45) is 1.51. The van der Waals surface area contributed by atoms with Gasteiger partial charge < -0.3 is 20.6 Å². The zero-order valence-electron chi connectivity index (χ0n) is 33.0. The number of aromatic nitrogens is 2. The number of imide groups is 2. The minimum absolute atomic E-state index is 0.0696. The molecule has 1 atom stereocenters. The molecule has 1 spiro atoms. The highest BCUT2D eigenvalue weighted by Gasteiger charge is 2.53. The van der Waals surface area contributed by atoms with E-state index in [0.717, 1.165) is 84.9 Å². The summed E-state index contributed by atoms with van der Waals surface area (Å²) in [6.45, 7) is 6.21. The molecule has 2 saturated heterocycles. The molecule has 2 aromatic carbocycles. The van der Waals surface area contributed by atoms with E-state index in [0.29, 0.717) is 22.7 Å². The smallest absolute Gasteiger partial charge is 0.386 e. The van der Waals surface area contributed by atoms with Gasteiger partial charge in [0, 0.05) is 55.0 Å². The molecular weight excluding hydrogens is 800 g/mol. The van der Waals surface area contributed by atoms with Crippen LogP contribution in [0.5, 0.6) is 0 Å². The quantitative estimate of drug-likeness (QED) is 0.137. The first-order chi connectivity index (χ1) is 28.4. The lowest BCUT2D eigenvalue weighted by molar-refractivity contribution is -0.141. The van der Waals surface area contributed by atoms with E-state index in [4.69, 9.17) is 4.98 Å². The van der Waals surface area contributed by atoms with E-state index in [1.807, 2.05) is 0 Å². The molecule has 5 heterocycles. The van der Waals surface area contributed by atoms with Crippen molar-refractivity contribution in [2.75, 3.05) is 30.3 Å². The van der Waals surface area contributed by atoms with Gasteiger partial charge in [-0.15, -0.1) is 11.3 Å². The molecule has 1 unspecified atom stereocenters. The topological polar surface area (TPSA) is 174 Å². The van der Waals surface area contributed by atoms with Crippen LogP contribution in [0.1, 0.15) is 119 Å². The van der Waals surface area contributed by atoms with Gasteiger partial charge in [0.2, 0.25) is 11.8 Å². The standard InChI is InChI=1S/C43H44F3N7O6S/c1-41(2,59)26-15-30-32(16-29(26)49-36(55)28-7-4-8-33(48-28)43(44,45)46)60-38(50-30)23-11-9-22(10-12-23)19-52-20-42(21-52)17-24(18-42)47-27-6-3-5-25-35(27)40(58)53(39(25)57)31-13-14-34(54)51-37(31)56/h3-8,15-16,22-24,31,47,59H,9-14,17-21H2,1-2H3,(H,49,55)(H,51,54,56). The summed E-state index contributed by atoms with van der Waals surface area (Å²) >= 11 is 1.53. The van der Waals surface area contributed by atoms with Crippen molar-refractivity contribution in [1.29, 1.82) is 0 Å². The molecule has 4 aromatic rings. The molecule has 4 N–H and O–H groups in total. The zero-order valence-corrected chi connectivity index (χ0v) is 33.8. The Labute approximate surface area is 347 Å². The minimum Gasteiger partial charge on any atom is -0.386 e. The summed E-state index contributed by atoms with van der Waals surface area (Å²) in [5.41, 5.74) is -0.179. The van der Waals surface area contributed by atoms with Crippen molar-refractivity contribution in [1.82, 2.24) is 25.1 Å². The van der Waals surface area contributed by atoms with Gasteiger partial charge in [0.15, 0.2) is 0 Å².